The van der Waals surface area contributed by atoms with Gasteiger partial charge in [0.2, 0.25) is 0 Å². The number of hydrogen-bond acceptors (Lipinski definition) is 4. The Hall–Kier alpha value is -2.96. The second-order valence-corrected chi connectivity index (χ2v) is 4.83. The second-order valence-electron chi connectivity index (χ2n) is 4.83. The standard InChI is InChI=1S/C17H15F2NO4/c1-10(16(21)20-13-8-3-4-9-14(13)23-2)24-17(22)15-11(18)6-5-7-12(15)19/h3-10H,1-2H3,(H,20,21). The molecule has 24 heavy (non-hydrogen) atoms. The van der Waals surface area contributed by atoms with Gasteiger partial charge in [0.1, 0.15) is 22.9 Å². The SMILES string of the molecule is COc1ccccc1NC(=O)C(C)OC(=O)c1c(F)cccc1F. The van der Waals surface area contributed by atoms with Gasteiger partial charge in [-0.1, -0.05) is 18.2 Å². The molecular formula is C17H15F2NO4. The molecule has 1 amide bonds. The van der Waals surface area contributed by atoms with Gasteiger partial charge < -0.3 is 14.8 Å². The normalized spacial score (nSPS) is 11.5. The molecule has 5 nitrogen and oxygen atoms in total. The highest BCUT2D eigenvalue weighted by atomic mass is 19.1. The van der Waals surface area contributed by atoms with Crippen LogP contribution in [0.15, 0.2) is 42.5 Å². The summed E-state index contributed by atoms with van der Waals surface area (Å²) in [5.74, 6) is -3.61. The summed E-state index contributed by atoms with van der Waals surface area (Å²) in [5, 5.41) is 2.52. The number of carbonyl (C=O) groups excluding carboxylic acids is 2. The maximum absolute atomic E-state index is 13.5. The molecule has 7 heteroatoms. The van der Waals surface area contributed by atoms with Gasteiger partial charge in [0, 0.05) is 0 Å². The summed E-state index contributed by atoms with van der Waals surface area (Å²) in [4.78, 5) is 24.0. The second kappa shape index (κ2) is 7.54. The molecule has 126 valence electrons. The van der Waals surface area contributed by atoms with E-state index in [1.807, 2.05) is 0 Å². The van der Waals surface area contributed by atoms with Crippen LogP contribution in [-0.4, -0.2) is 25.1 Å². The summed E-state index contributed by atoms with van der Waals surface area (Å²) in [6, 6.07) is 9.63. The van der Waals surface area contributed by atoms with Gasteiger partial charge in [-0.15, -0.1) is 0 Å². The number of nitrogens with one attached hydrogen (secondary N) is 1. The molecule has 0 heterocycles. The molecule has 0 aliphatic carbocycles. The highest BCUT2D eigenvalue weighted by molar-refractivity contribution is 5.98. The van der Waals surface area contributed by atoms with Crippen molar-refractivity contribution in [2.24, 2.45) is 0 Å². The van der Waals surface area contributed by atoms with Gasteiger partial charge in [-0.25, -0.2) is 13.6 Å². The summed E-state index contributed by atoms with van der Waals surface area (Å²) in [5.41, 5.74) is -0.459. The summed E-state index contributed by atoms with van der Waals surface area (Å²) in [6.45, 7) is 1.29. The van der Waals surface area contributed by atoms with E-state index in [0.717, 1.165) is 18.2 Å². The van der Waals surface area contributed by atoms with Crippen molar-refractivity contribution >= 4 is 17.6 Å². The molecule has 0 aromatic heterocycles. The number of rotatable bonds is 5. The smallest absolute Gasteiger partial charge is 0.344 e. The molecule has 0 saturated carbocycles. The number of hydrogen-bond donors (Lipinski definition) is 1. The Kier molecular flexibility index (Phi) is 5.47. The number of halogens is 2. The lowest BCUT2D eigenvalue weighted by Gasteiger charge is -2.15. The van der Waals surface area contributed by atoms with Crippen molar-refractivity contribution < 1.29 is 27.8 Å². The molecule has 0 spiro atoms. The van der Waals surface area contributed by atoms with Gasteiger partial charge >= 0.3 is 5.97 Å². The molecule has 2 aromatic carbocycles. The summed E-state index contributed by atoms with van der Waals surface area (Å²) >= 11 is 0. The number of para-hydroxylation sites is 2. The molecule has 1 N–H and O–H groups in total. The van der Waals surface area contributed by atoms with Crippen LogP contribution in [0.25, 0.3) is 0 Å². The molecule has 0 aliphatic rings. The molecule has 0 bridgehead atoms. The van der Waals surface area contributed by atoms with E-state index < -0.39 is 35.2 Å². The molecule has 2 aromatic rings. The van der Waals surface area contributed by atoms with Gasteiger partial charge in [-0.05, 0) is 31.2 Å². The highest BCUT2D eigenvalue weighted by Gasteiger charge is 2.24. The third kappa shape index (κ3) is 3.87. The van der Waals surface area contributed by atoms with Crippen molar-refractivity contribution in [3.8, 4) is 5.75 Å². The number of methoxy groups -OCH3 is 1. The number of anilines is 1. The quantitative estimate of drug-likeness (QED) is 0.853. The fourth-order valence-corrected chi connectivity index (χ4v) is 1.95. The van der Waals surface area contributed by atoms with E-state index in [2.05, 4.69) is 5.32 Å². The average Bonchev–Trinajstić information content (AvgIpc) is 2.55. The number of benzene rings is 2. The molecule has 2 rings (SSSR count). The van der Waals surface area contributed by atoms with Crippen LogP contribution in [-0.2, 0) is 9.53 Å². The fourth-order valence-electron chi connectivity index (χ4n) is 1.95. The zero-order valence-corrected chi connectivity index (χ0v) is 13.0. The van der Waals surface area contributed by atoms with Crippen molar-refractivity contribution in [3.05, 3.63) is 59.7 Å². The Morgan fingerprint density at radius 3 is 2.29 bits per heavy atom. The zero-order valence-electron chi connectivity index (χ0n) is 13.0. The van der Waals surface area contributed by atoms with Crippen LogP contribution in [0.2, 0.25) is 0 Å². The topological polar surface area (TPSA) is 64.6 Å². The van der Waals surface area contributed by atoms with Crippen molar-refractivity contribution in [3.63, 3.8) is 0 Å². The van der Waals surface area contributed by atoms with E-state index >= 15 is 0 Å². The Bertz CT molecular complexity index is 744. The Morgan fingerprint density at radius 2 is 1.67 bits per heavy atom. The predicted octanol–water partition coefficient (Wildman–Crippen LogP) is 3.16. The van der Waals surface area contributed by atoms with Crippen molar-refractivity contribution in [2.45, 2.75) is 13.0 Å². The molecule has 0 radical (unpaired) electrons. The van der Waals surface area contributed by atoms with Crippen LogP contribution < -0.4 is 10.1 Å². The predicted molar refractivity (Wildman–Crippen MR) is 82.9 cm³/mol. The molecule has 0 fully saturated rings. The largest absolute Gasteiger partial charge is 0.495 e. The van der Waals surface area contributed by atoms with Crippen molar-refractivity contribution in [1.82, 2.24) is 0 Å². The van der Waals surface area contributed by atoms with Crippen molar-refractivity contribution in [2.75, 3.05) is 12.4 Å². The van der Waals surface area contributed by atoms with Gasteiger partial charge in [-0.3, -0.25) is 4.79 Å². The first-order valence-corrected chi connectivity index (χ1v) is 7.03. The minimum Gasteiger partial charge on any atom is -0.495 e. The molecule has 1 unspecified atom stereocenters. The van der Waals surface area contributed by atoms with Crippen molar-refractivity contribution in [1.29, 1.82) is 0 Å². The first kappa shape index (κ1) is 17.4. The Balaban J connectivity index is 2.07. The van der Waals surface area contributed by atoms with E-state index in [-0.39, 0.29) is 0 Å². The fraction of sp³-hybridized carbons (Fsp3) is 0.176. The highest BCUT2D eigenvalue weighted by Crippen LogP contribution is 2.23. The maximum Gasteiger partial charge on any atom is 0.344 e. The van der Waals surface area contributed by atoms with E-state index in [1.165, 1.54) is 14.0 Å². The van der Waals surface area contributed by atoms with Crippen LogP contribution in [0.4, 0.5) is 14.5 Å². The lowest BCUT2D eigenvalue weighted by Crippen LogP contribution is -2.30. The maximum atomic E-state index is 13.5. The van der Waals surface area contributed by atoms with Crippen LogP contribution >= 0.6 is 0 Å². The number of esters is 1. The van der Waals surface area contributed by atoms with Crippen LogP contribution in [0.3, 0.4) is 0 Å². The average molecular weight is 335 g/mol. The third-order valence-electron chi connectivity index (χ3n) is 3.18. The Labute approximate surface area is 137 Å². The summed E-state index contributed by atoms with van der Waals surface area (Å²) in [7, 11) is 1.44. The minimum atomic E-state index is -1.26. The Morgan fingerprint density at radius 1 is 1.04 bits per heavy atom. The van der Waals surface area contributed by atoms with Crippen LogP contribution in [0.1, 0.15) is 17.3 Å². The third-order valence-corrected chi connectivity index (χ3v) is 3.18. The number of amides is 1. The summed E-state index contributed by atoms with van der Waals surface area (Å²) in [6.07, 6.45) is -1.26. The monoisotopic (exact) mass is 335 g/mol. The van der Waals surface area contributed by atoms with Gasteiger partial charge in [-0.2, -0.15) is 0 Å². The summed E-state index contributed by atoms with van der Waals surface area (Å²) < 4.78 is 37.0. The van der Waals surface area contributed by atoms with Crippen LogP contribution in [0, 0.1) is 11.6 Å². The van der Waals surface area contributed by atoms with Gasteiger partial charge in [0.25, 0.3) is 5.91 Å². The first-order valence-electron chi connectivity index (χ1n) is 7.03. The minimum absolute atomic E-state index is 0.380. The van der Waals surface area contributed by atoms with E-state index in [0.29, 0.717) is 11.4 Å². The molecular weight excluding hydrogens is 320 g/mol. The molecule has 0 aliphatic heterocycles. The lowest BCUT2D eigenvalue weighted by atomic mass is 10.2. The van der Waals surface area contributed by atoms with Gasteiger partial charge in [0.15, 0.2) is 6.10 Å². The van der Waals surface area contributed by atoms with Crippen LogP contribution in [0.5, 0.6) is 5.75 Å². The van der Waals surface area contributed by atoms with E-state index in [9.17, 15) is 18.4 Å². The number of ether oxygens (including phenoxy) is 2. The number of carbonyl (C=O) groups is 2. The van der Waals surface area contributed by atoms with Gasteiger partial charge in [0.05, 0.1) is 12.8 Å². The first-order chi connectivity index (χ1) is 11.4. The van der Waals surface area contributed by atoms with E-state index in [4.69, 9.17) is 9.47 Å². The lowest BCUT2D eigenvalue weighted by molar-refractivity contribution is -0.123. The zero-order chi connectivity index (χ0) is 17.7. The molecule has 0 saturated heterocycles. The molecule has 1 atom stereocenters. The van der Waals surface area contributed by atoms with E-state index in [1.54, 1.807) is 24.3 Å².